The van der Waals surface area contributed by atoms with Gasteiger partial charge in [0.05, 0.1) is 17.3 Å². The number of ether oxygens (including phenoxy) is 2. The lowest BCUT2D eigenvalue weighted by atomic mass is 10.2. The van der Waals surface area contributed by atoms with Crippen molar-refractivity contribution in [3.63, 3.8) is 0 Å². The third-order valence-electron chi connectivity index (χ3n) is 3.45. The minimum Gasteiger partial charge on any atom is -0.482 e. The van der Waals surface area contributed by atoms with Crippen LogP contribution in [0.25, 0.3) is 5.69 Å². The van der Waals surface area contributed by atoms with Crippen LogP contribution in [0.3, 0.4) is 0 Å². The fourth-order valence-corrected chi connectivity index (χ4v) is 2.14. The molecule has 0 spiro atoms. The highest BCUT2D eigenvalue weighted by Gasteiger charge is 2.05. The van der Waals surface area contributed by atoms with Gasteiger partial charge in [-0.15, -0.1) is 0 Å². The first-order chi connectivity index (χ1) is 12.2. The topological polar surface area (TPSA) is 77.1 Å². The average Bonchev–Trinajstić information content (AvgIpc) is 3.20. The highest BCUT2D eigenvalue weighted by molar-refractivity contribution is 5.71. The second-order valence-corrected chi connectivity index (χ2v) is 5.20. The lowest BCUT2D eigenvalue weighted by molar-refractivity contribution is -0.147. The first-order valence-electron chi connectivity index (χ1n) is 7.62. The molecule has 0 atom stereocenters. The Labute approximate surface area is 144 Å². The minimum atomic E-state index is -0.458. The Kier molecular flexibility index (Phi) is 5.07. The SMILES string of the molecule is N#Cc1ccc(OCC(=O)OCc2ccc(-n3cccn3)cc2)cc1. The summed E-state index contributed by atoms with van der Waals surface area (Å²) in [6.07, 6.45) is 3.57. The van der Waals surface area contributed by atoms with Crippen molar-refractivity contribution >= 4 is 5.97 Å². The van der Waals surface area contributed by atoms with Crippen molar-refractivity contribution in [1.29, 1.82) is 5.26 Å². The second kappa shape index (κ2) is 7.79. The van der Waals surface area contributed by atoms with Crippen molar-refractivity contribution in [1.82, 2.24) is 9.78 Å². The zero-order chi connectivity index (χ0) is 17.5. The molecule has 1 aromatic heterocycles. The number of hydrogen-bond donors (Lipinski definition) is 0. The predicted molar refractivity (Wildman–Crippen MR) is 90.0 cm³/mol. The molecule has 0 N–H and O–H groups in total. The van der Waals surface area contributed by atoms with E-state index in [0.29, 0.717) is 11.3 Å². The number of carbonyl (C=O) groups excluding carboxylic acids is 1. The summed E-state index contributed by atoms with van der Waals surface area (Å²) in [6, 6.07) is 18.0. The van der Waals surface area contributed by atoms with Crippen LogP contribution in [0.4, 0.5) is 0 Å². The molecule has 3 aromatic rings. The van der Waals surface area contributed by atoms with Gasteiger partial charge in [0, 0.05) is 12.4 Å². The van der Waals surface area contributed by atoms with Gasteiger partial charge in [0.2, 0.25) is 0 Å². The van der Waals surface area contributed by atoms with Gasteiger partial charge in [-0.05, 0) is 48.0 Å². The van der Waals surface area contributed by atoms with E-state index in [0.717, 1.165) is 11.3 Å². The lowest BCUT2D eigenvalue weighted by Crippen LogP contribution is -2.14. The van der Waals surface area contributed by atoms with Gasteiger partial charge in [0.25, 0.3) is 0 Å². The smallest absolute Gasteiger partial charge is 0.344 e. The fraction of sp³-hybridized carbons (Fsp3) is 0.105. The molecule has 0 radical (unpaired) electrons. The summed E-state index contributed by atoms with van der Waals surface area (Å²) in [5.41, 5.74) is 2.35. The molecule has 25 heavy (non-hydrogen) atoms. The maximum atomic E-state index is 11.8. The number of carbonyl (C=O) groups is 1. The highest BCUT2D eigenvalue weighted by atomic mass is 16.6. The van der Waals surface area contributed by atoms with Crippen molar-refractivity contribution in [2.24, 2.45) is 0 Å². The van der Waals surface area contributed by atoms with Crippen molar-refractivity contribution in [3.8, 4) is 17.5 Å². The zero-order valence-corrected chi connectivity index (χ0v) is 13.3. The molecule has 0 aliphatic carbocycles. The number of nitrogens with zero attached hydrogens (tertiary/aromatic N) is 3. The van der Waals surface area contributed by atoms with Gasteiger partial charge in [0.1, 0.15) is 12.4 Å². The normalized spacial score (nSPS) is 10.0. The molecular formula is C19H15N3O3. The third-order valence-corrected chi connectivity index (χ3v) is 3.45. The average molecular weight is 333 g/mol. The number of hydrogen-bond acceptors (Lipinski definition) is 5. The summed E-state index contributed by atoms with van der Waals surface area (Å²) in [5.74, 6) is 0.0556. The summed E-state index contributed by atoms with van der Waals surface area (Å²) in [6.45, 7) is -0.00772. The fourth-order valence-electron chi connectivity index (χ4n) is 2.14. The quantitative estimate of drug-likeness (QED) is 0.648. The Balaban J connectivity index is 1.46. The summed E-state index contributed by atoms with van der Waals surface area (Å²) in [7, 11) is 0. The summed E-state index contributed by atoms with van der Waals surface area (Å²) >= 11 is 0. The van der Waals surface area contributed by atoms with Gasteiger partial charge < -0.3 is 9.47 Å². The van der Waals surface area contributed by atoms with E-state index in [1.54, 1.807) is 35.1 Å². The standard InChI is InChI=1S/C19H15N3O3/c20-12-15-4-8-18(9-5-15)24-14-19(23)25-13-16-2-6-17(7-3-16)22-11-1-10-21-22/h1-11H,13-14H2. The molecule has 2 aromatic carbocycles. The number of nitriles is 1. The van der Waals surface area contributed by atoms with Crippen LogP contribution in [-0.2, 0) is 16.1 Å². The molecule has 0 bridgehead atoms. The Hall–Kier alpha value is -3.59. The highest BCUT2D eigenvalue weighted by Crippen LogP contribution is 2.12. The molecule has 6 heteroatoms. The molecule has 124 valence electrons. The van der Waals surface area contributed by atoms with Gasteiger partial charge in [-0.3, -0.25) is 0 Å². The van der Waals surface area contributed by atoms with Gasteiger partial charge >= 0.3 is 5.97 Å². The molecule has 0 saturated carbocycles. The summed E-state index contributed by atoms with van der Waals surface area (Å²) in [4.78, 5) is 11.8. The molecule has 0 saturated heterocycles. The van der Waals surface area contributed by atoms with Crippen LogP contribution < -0.4 is 4.74 Å². The molecule has 0 unspecified atom stereocenters. The van der Waals surface area contributed by atoms with Crippen molar-refractivity contribution in [3.05, 3.63) is 78.1 Å². The van der Waals surface area contributed by atoms with E-state index in [4.69, 9.17) is 14.7 Å². The van der Waals surface area contributed by atoms with Crippen LogP contribution in [0, 0.1) is 11.3 Å². The van der Waals surface area contributed by atoms with E-state index in [1.807, 2.05) is 42.6 Å². The van der Waals surface area contributed by atoms with Crippen molar-refractivity contribution in [2.45, 2.75) is 6.61 Å². The van der Waals surface area contributed by atoms with Crippen LogP contribution in [0.5, 0.6) is 5.75 Å². The van der Waals surface area contributed by atoms with Gasteiger partial charge in [0.15, 0.2) is 6.61 Å². The van der Waals surface area contributed by atoms with Crippen LogP contribution in [0.1, 0.15) is 11.1 Å². The number of rotatable bonds is 6. The number of aromatic nitrogens is 2. The van der Waals surface area contributed by atoms with E-state index in [2.05, 4.69) is 5.10 Å². The van der Waals surface area contributed by atoms with Crippen LogP contribution in [0.15, 0.2) is 67.0 Å². The molecular weight excluding hydrogens is 318 g/mol. The Morgan fingerprint density at radius 2 is 1.88 bits per heavy atom. The van der Waals surface area contributed by atoms with Crippen LogP contribution in [-0.4, -0.2) is 22.4 Å². The number of benzene rings is 2. The van der Waals surface area contributed by atoms with Crippen molar-refractivity contribution < 1.29 is 14.3 Å². The Morgan fingerprint density at radius 3 is 2.52 bits per heavy atom. The number of esters is 1. The maximum absolute atomic E-state index is 11.8. The molecule has 0 aliphatic heterocycles. The summed E-state index contributed by atoms with van der Waals surface area (Å²) in [5, 5.41) is 12.9. The Morgan fingerprint density at radius 1 is 1.12 bits per heavy atom. The van der Waals surface area contributed by atoms with E-state index >= 15 is 0 Å². The first-order valence-corrected chi connectivity index (χ1v) is 7.62. The van der Waals surface area contributed by atoms with Crippen LogP contribution in [0.2, 0.25) is 0 Å². The molecule has 1 heterocycles. The zero-order valence-electron chi connectivity index (χ0n) is 13.3. The van der Waals surface area contributed by atoms with E-state index in [9.17, 15) is 4.79 Å². The molecule has 0 fully saturated rings. The predicted octanol–water partition coefficient (Wildman–Crippen LogP) is 2.87. The summed E-state index contributed by atoms with van der Waals surface area (Å²) < 4.78 is 12.3. The van der Waals surface area contributed by atoms with Gasteiger partial charge in [-0.1, -0.05) is 12.1 Å². The van der Waals surface area contributed by atoms with Gasteiger partial charge in [-0.2, -0.15) is 10.4 Å². The monoisotopic (exact) mass is 333 g/mol. The molecule has 6 nitrogen and oxygen atoms in total. The van der Waals surface area contributed by atoms with Gasteiger partial charge in [-0.25, -0.2) is 9.48 Å². The van der Waals surface area contributed by atoms with E-state index in [-0.39, 0.29) is 13.2 Å². The largest absolute Gasteiger partial charge is 0.482 e. The maximum Gasteiger partial charge on any atom is 0.344 e. The molecule has 0 amide bonds. The lowest BCUT2D eigenvalue weighted by Gasteiger charge is -2.08. The molecule has 3 rings (SSSR count). The third kappa shape index (κ3) is 4.45. The van der Waals surface area contributed by atoms with Crippen molar-refractivity contribution in [2.75, 3.05) is 6.61 Å². The van der Waals surface area contributed by atoms with Crippen LogP contribution >= 0.6 is 0 Å². The molecule has 0 aliphatic rings. The first kappa shape index (κ1) is 16.3. The van der Waals surface area contributed by atoms with E-state index in [1.165, 1.54) is 0 Å². The Bertz CT molecular complexity index is 864. The van der Waals surface area contributed by atoms with E-state index < -0.39 is 5.97 Å². The second-order valence-electron chi connectivity index (χ2n) is 5.20. The minimum absolute atomic E-state index is 0.176.